The zero-order chi connectivity index (χ0) is 9.10. The van der Waals surface area contributed by atoms with Crippen LogP contribution in [0, 0.1) is 0 Å². The third-order valence-electron chi connectivity index (χ3n) is 2.22. The van der Waals surface area contributed by atoms with Gasteiger partial charge >= 0.3 is 0 Å². The van der Waals surface area contributed by atoms with E-state index in [1.165, 1.54) is 6.39 Å². The highest BCUT2D eigenvalue weighted by molar-refractivity contribution is 4.82. The second-order valence-corrected chi connectivity index (χ2v) is 3.44. The molecule has 0 amide bonds. The molecule has 0 aromatic carbocycles. The molecule has 0 spiro atoms. The molecular weight excluding hydrogens is 168 g/mol. The van der Waals surface area contributed by atoms with Crippen LogP contribution in [0.5, 0.6) is 0 Å². The van der Waals surface area contributed by atoms with Crippen LogP contribution in [0.15, 0.2) is 10.9 Å². The van der Waals surface area contributed by atoms with E-state index in [1.807, 2.05) is 0 Å². The Bertz CT molecular complexity index is 249. The molecule has 0 saturated carbocycles. The molecule has 13 heavy (non-hydrogen) atoms. The summed E-state index contributed by atoms with van der Waals surface area (Å²) in [5.41, 5.74) is 0. The highest BCUT2D eigenvalue weighted by atomic mass is 16.5. The van der Waals surface area contributed by atoms with Gasteiger partial charge in [0.2, 0.25) is 6.39 Å². The Hall–Kier alpha value is -0.940. The molecular formula is C8H14N4O. The fourth-order valence-corrected chi connectivity index (χ4v) is 1.62. The minimum absolute atomic E-state index is 0.556. The Morgan fingerprint density at radius 2 is 2.69 bits per heavy atom. The summed E-state index contributed by atoms with van der Waals surface area (Å²) >= 11 is 0. The second-order valence-electron chi connectivity index (χ2n) is 3.44. The first kappa shape index (κ1) is 8.65. The Balaban J connectivity index is 1.87. The Kier molecular flexibility index (Phi) is 2.56. The van der Waals surface area contributed by atoms with E-state index in [9.17, 15) is 0 Å². The van der Waals surface area contributed by atoms with E-state index in [4.69, 9.17) is 0 Å². The van der Waals surface area contributed by atoms with Gasteiger partial charge in [-0.25, -0.2) is 0 Å². The van der Waals surface area contributed by atoms with Gasteiger partial charge in [0, 0.05) is 25.7 Å². The minimum Gasteiger partial charge on any atom is -0.343 e. The Morgan fingerprint density at radius 1 is 1.77 bits per heavy atom. The van der Waals surface area contributed by atoms with Crippen LogP contribution in [0.2, 0.25) is 0 Å². The quantitative estimate of drug-likeness (QED) is 0.690. The maximum atomic E-state index is 4.68. The SMILES string of the molecule is C[C@H]1CN(Cc2ncon2)CCN1. The molecule has 0 unspecified atom stereocenters. The molecule has 72 valence electrons. The zero-order valence-electron chi connectivity index (χ0n) is 7.73. The number of hydrogen-bond donors (Lipinski definition) is 1. The van der Waals surface area contributed by atoms with Crippen LogP contribution >= 0.6 is 0 Å². The molecule has 5 heteroatoms. The molecule has 1 saturated heterocycles. The molecule has 1 aromatic heterocycles. The predicted molar refractivity (Wildman–Crippen MR) is 47.0 cm³/mol. The van der Waals surface area contributed by atoms with Gasteiger partial charge < -0.3 is 9.84 Å². The topological polar surface area (TPSA) is 54.2 Å². The normalized spacial score (nSPS) is 24.8. The summed E-state index contributed by atoms with van der Waals surface area (Å²) in [6.07, 6.45) is 1.38. The smallest absolute Gasteiger partial charge is 0.213 e. The lowest BCUT2D eigenvalue weighted by atomic mass is 10.2. The number of hydrogen-bond acceptors (Lipinski definition) is 5. The van der Waals surface area contributed by atoms with Crippen molar-refractivity contribution < 1.29 is 4.52 Å². The van der Waals surface area contributed by atoms with E-state index in [0.717, 1.165) is 32.0 Å². The van der Waals surface area contributed by atoms with Gasteiger partial charge in [0.25, 0.3) is 0 Å². The monoisotopic (exact) mass is 182 g/mol. The second kappa shape index (κ2) is 3.85. The van der Waals surface area contributed by atoms with Crippen molar-refractivity contribution in [2.45, 2.75) is 19.5 Å². The lowest BCUT2D eigenvalue weighted by molar-refractivity contribution is 0.193. The van der Waals surface area contributed by atoms with Crippen LogP contribution in [0.3, 0.4) is 0 Å². The standard InChI is InChI=1S/C8H14N4O/c1-7-4-12(3-2-9-7)5-8-10-6-13-11-8/h6-7,9H,2-5H2,1H3/t7-/m0/s1. The number of aromatic nitrogens is 2. The van der Waals surface area contributed by atoms with Crippen molar-refractivity contribution in [2.75, 3.05) is 19.6 Å². The van der Waals surface area contributed by atoms with Crippen molar-refractivity contribution in [3.05, 3.63) is 12.2 Å². The van der Waals surface area contributed by atoms with Crippen molar-refractivity contribution in [3.8, 4) is 0 Å². The molecule has 1 aromatic rings. The number of nitrogens with zero attached hydrogens (tertiary/aromatic N) is 3. The van der Waals surface area contributed by atoms with Crippen LogP contribution in [0.25, 0.3) is 0 Å². The van der Waals surface area contributed by atoms with Gasteiger partial charge in [0.05, 0.1) is 6.54 Å². The molecule has 1 aliphatic heterocycles. The Labute approximate surface area is 77.1 Å². The predicted octanol–water partition coefficient (Wildman–Crippen LogP) is -0.137. The summed E-state index contributed by atoms with van der Waals surface area (Å²) in [5.74, 6) is 0.772. The van der Waals surface area contributed by atoms with Gasteiger partial charge in [0.15, 0.2) is 5.82 Å². The lowest BCUT2D eigenvalue weighted by Gasteiger charge is -2.30. The lowest BCUT2D eigenvalue weighted by Crippen LogP contribution is -2.48. The molecule has 2 rings (SSSR count). The van der Waals surface area contributed by atoms with Crippen molar-refractivity contribution in [1.29, 1.82) is 0 Å². The number of rotatable bonds is 2. The average Bonchev–Trinajstić information content (AvgIpc) is 2.57. The molecule has 5 nitrogen and oxygen atoms in total. The summed E-state index contributed by atoms with van der Waals surface area (Å²) in [4.78, 5) is 6.32. The summed E-state index contributed by atoms with van der Waals surface area (Å²) in [6, 6.07) is 0.556. The van der Waals surface area contributed by atoms with Gasteiger partial charge in [-0.15, -0.1) is 0 Å². The van der Waals surface area contributed by atoms with Crippen LogP contribution in [-0.2, 0) is 6.54 Å². The maximum Gasteiger partial charge on any atom is 0.213 e. The van der Waals surface area contributed by atoms with Crippen LogP contribution in [-0.4, -0.2) is 40.7 Å². The highest BCUT2D eigenvalue weighted by Crippen LogP contribution is 2.02. The van der Waals surface area contributed by atoms with Crippen molar-refractivity contribution in [1.82, 2.24) is 20.4 Å². The minimum atomic E-state index is 0.556. The zero-order valence-corrected chi connectivity index (χ0v) is 7.73. The first-order valence-corrected chi connectivity index (χ1v) is 4.55. The molecule has 1 aliphatic rings. The van der Waals surface area contributed by atoms with Crippen LogP contribution in [0.4, 0.5) is 0 Å². The van der Waals surface area contributed by atoms with Gasteiger partial charge in [-0.3, -0.25) is 4.90 Å². The van der Waals surface area contributed by atoms with Gasteiger partial charge in [-0.2, -0.15) is 4.98 Å². The summed E-state index contributed by atoms with van der Waals surface area (Å²) < 4.78 is 4.68. The molecule has 1 atom stereocenters. The van der Waals surface area contributed by atoms with E-state index in [1.54, 1.807) is 0 Å². The van der Waals surface area contributed by atoms with Crippen molar-refractivity contribution >= 4 is 0 Å². The first-order chi connectivity index (χ1) is 6.34. The van der Waals surface area contributed by atoms with Gasteiger partial charge in [0.1, 0.15) is 0 Å². The van der Waals surface area contributed by atoms with Crippen molar-refractivity contribution in [3.63, 3.8) is 0 Å². The van der Waals surface area contributed by atoms with E-state index in [-0.39, 0.29) is 0 Å². The molecule has 1 N–H and O–H groups in total. The van der Waals surface area contributed by atoms with Crippen LogP contribution in [0.1, 0.15) is 12.7 Å². The van der Waals surface area contributed by atoms with Gasteiger partial charge in [-0.05, 0) is 6.92 Å². The molecule has 1 fully saturated rings. The highest BCUT2D eigenvalue weighted by Gasteiger charge is 2.16. The van der Waals surface area contributed by atoms with E-state index >= 15 is 0 Å². The summed E-state index contributed by atoms with van der Waals surface area (Å²) in [7, 11) is 0. The third-order valence-corrected chi connectivity index (χ3v) is 2.22. The first-order valence-electron chi connectivity index (χ1n) is 4.55. The summed E-state index contributed by atoms with van der Waals surface area (Å²) in [5, 5.41) is 7.17. The summed E-state index contributed by atoms with van der Waals surface area (Å²) in [6.45, 7) is 6.12. The maximum absolute atomic E-state index is 4.68. The van der Waals surface area contributed by atoms with Gasteiger partial charge in [-0.1, -0.05) is 5.16 Å². The molecule has 0 radical (unpaired) electrons. The number of nitrogens with one attached hydrogen (secondary N) is 1. The fourth-order valence-electron chi connectivity index (χ4n) is 1.62. The molecule has 0 aliphatic carbocycles. The van der Waals surface area contributed by atoms with E-state index < -0.39 is 0 Å². The number of piperazine rings is 1. The van der Waals surface area contributed by atoms with Crippen LogP contribution < -0.4 is 5.32 Å². The molecule has 2 heterocycles. The third kappa shape index (κ3) is 2.26. The van der Waals surface area contributed by atoms with E-state index in [0.29, 0.717) is 6.04 Å². The Morgan fingerprint density at radius 3 is 3.38 bits per heavy atom. The van der Waals surface area contributed by atoms with Crippen molar-refractivity contribution in [2.24, 2.45) is 0 Å². The average molecular weight is 182 g/mol. The fraction of sp³-hybridized carbons (Fsp3) is 0.750. The largest absolute Gasteiger partial charge is 0.343 e. The van der Waals surface area contributed by atoms with E-state index in [2.05, 4.69) is 31.8 Å². The molecule has 0 bridgehead atoms.